The first-order valence-corrected chi connectivity index (χ1v) is 7.67. The predicted molar refractivity (Wildman–Crippen MR) is 87.6 cm³/mol. The van der Waals surface area contributed by atoms with Crippen LogP contribution >= 0.6 is 15.9 Å². The SMILES string of the molecule is O=C1N/C(=C/c2cccc(F)c2)C(=O)N1Cc1ccc(Br)cc1. The minimum absolute atomic E-state index is 0.137. The molecule has 0 atom stereocenters. The molecule has 116 valence electrons. The van der Waals surface area contributed by atoms with Gasteiger partial charge in [-0.15, -0.1) is 0 Å². The fourth-order valence-corrected chi connectivity index (χ4v) is 2.51. The number of nitrogens with one attached hydrogen (secondary N) is 1. The summed E-state index contributed by atoms with van der Waals surface area (Å²) >= 11 is 3.33. The second-order valence-corrected chi connectivity index (χ2v) is 5.98. The summed E-state index contributed by atoms with van der Waals surface area (Å²) in [5.74, 6) is -0.829. The van der Waals surface area contributed by atoms with Crippen molar-refractivity contribution in [2.75, 3.05) is 0 Å². The number of hydrogen-bond acceptors (Lipinski definition) is 2. The Morgan fingerprint density at radius 1 is 1.13 bits per heavy atom. The van der Waals surface area contributed by atoms with Crippen molar-refractivity contribution in [1.82, 2.24) is 10.2 Å². The van der Waals surface area contributed by atoms with E-state index in [1.165, 1.54) is 18.2 Å². The lowest BCUT2D eigenvalue weighted by Crippen LogP contribution is -2.30. The molecule has 0 unspecified atom stereocenters. The van der Waals surface area contributed by atoms with E-state index in [1.807, 2.05) is 24.3 Å². The lowest BCUT2D eigenvalue weighted by molar-refractivity contribution is -0.123. The Morgan fingerprint density at radius 3 is 2.57 bits per heavy atom. The minimum atomic E-state index is -0.486. The summed E-state index contributed by atoms with van der Waals surface area (Å²) in [4.78, 5) is 25.5. The molecule has 2 aromatic rings. The lowest BCUT2D eigenvalue weighted by Gasteiger charge is -2.11. The highest BCUT2D eigenvalue weighted by atomic mass is 79.9. The zero-order valence-corrected chi connectivity index (χ0v) is 13.5. The Hall–Kier alpha value is -2.47. The Morgan fingerprint density at radius 2 is 1.87 bits per heavy atom. The fourth-order valence-electron chi connectivity index (χ4n) is 2.25. The first-order valence-electron chi connectivity index (χ1n) is 6.87. The van der Waals surface area contributed by atoms with Crippen molar-refractivity contribution in [1.29, 1.82) is 0 Å². The van der Waals surface area contributed by atoms with Gasteiger partial charge in [-0.25, -0.2) is 9.18 Å². The summed E-state index contributed by atoms with van der Waals surface area (Å²) < 4.78 is 14.1. The Balaban J connectivity index is 1.81. The topological polar surface area (TPSA) is 49.4 Å². The monoisotopic (exact) mass is 374 g/mol. The van der Waals surface area contributed by atoms with Crippen molar-refractivity contribution in [3.8, 4) is 0 Å². The van der Waals surface area contributed by atoms with Crippen LogP contribution in [0.2, 0.25) is 0 Å². The molecule has 0 spiro atoms. The second kappa shape index (κ2) is 6.34. The van der Waals surface area contributed by atoms with E-state index in [2.05, 4.69) is 21.2 Å². The molecule has 23 heavy (non-hydrogen) atoms. The van der Waals surface area contributed by atoms with Crippen LogP contribution in [0, 0.1) is 5.82 Å². The Labute approximate surface area is 140 Å². The standard InChI is InChI=1S/C17H12BrFN2O2/c18-13-6-4-11(5-7-13)10-21-16(22)15(20-17(21)23)9-12-2-1-3-14(19)8-12/h1-9H,10H2,(H,20,23)/b15-9+. The number of benzene rings is 2. The van der Waals surface area contributed by atoms with Gasteiger partial charge >= 0.3 is 6.03 Å². The van der Waals surface area contributed by atoms with Crippen LogP contribution < -0.4 is 5.32 Å². The van der Waals surface area contributed by atoms with Gasteiger partial charge in [-0.3, -0.25) is 9.69 Å². The molecule has 0 aliphatic carbocycles. The first-order chi connectivity index (χ1) is 11.0. The van der Waals surface area contributed by atoms with Gasteiger partial charge in [0.15, 0.2) is 0 Å². The first kappa shape index (κ1) is 15.4. The summed E-state index contributed by atoms with van der Waals surface area (Å²) in [5.41, 5.74) is 1.49. The molecule has 1 saturated heterocycles. The van der Waals surface area contributed by atoms with Crippen LogP contribution in [0.3, 0.4) is 0 Å². The number of halogens is 2. The third-order valence-corrected chi connectivity index (χ3v) is 3.90. The van der Waals surface area contributed by atoms with Crippen molar-refractivity contribution in [2.45, 2.75) is 6.54 Å². The third-order valence-electron chi connectivity index (χ3n) is 3.38. The summed E-state index contributed by atoms with van der Waals surface area (Å²) in [5, 5.41) is 2.52. The average molecular weight is 375 g/mol. The number of nitrogens with zero attached hydrogens (tertiary/aromatic N) is 1. The van der Waals surface area contributed by atoms with Crippen LogP contribution in [-0.2, 0) is 11.3 Å². The average Bonchev–Trinajstić information content (AvgIpc) is 2.77. The number of carbonyl (C=O) groups excluding carboxylic acids is 2. The van der Waals surface area contributed by atoms with Gasteiger partial charge in [-0.1, -0.05) is 40.2 Å². The van der Waals surface area contributed by atoms with E-state index in [0.29, 0.717) is 5.56 Å². The van der Waals surface area contributed by atoms with E-state index in [4.69, 9.17) is 0 Å². The molecule has 1 N–H and O–H groups in total. The van der Waals surface area contributed by atoms with E-state index < -0.39 is 17.8 Å². The van der Waals surface area contributed by atoms with E-state index in [1.54, 1.807) is 12.1 Å². The Kier molecular flexibility index (Phi) is 4.25. The van der Waals surface area contributed by atoms with Crippen molar-refractivity contribution in [3.05, 3.63) is 75.6 Å². The van der Waals surface area contributed by atoms with Gasteiger partial charge in [0.1, 0.15) is 11.5 Å². The largest absolute Gasteiger partial charge is 0.329 e. The predicted octanol–water partition coefficient (Wildman–Crippen LogP) is 3.68. The quantitative estimate of drug-likeness (QED) is 0.657. The van der Waals surface area contributed by atoms with Crippen molar-refractivity contribution < 1.29 is 14.0 Å². The zero-order valence-electron chi connectivity index (χ0n) is 11.9. The minimum Gasteiger partial charge on any atom is -0.303 e. The molecule has 4 nitrogen and oxygen atoms in total. The lowest BCUT2D eigenvalue weighted by atomic mass is 10.2. The second-order valence-electron chi connectivity index (χ2n) is 5.06. The van der Waals surface area contributed by atoms with Crippen LogP contribution in [0.1, 0.15) is 11.1 Å². The van der Waals surface area contributed by atoms with E-state index in [9.17, 15) is 14.0 Å². The molecule has 3 rings (SSSR count). The molecule has 1 heterocycles. The van der Waals surface area contributed by atoms with E-state index in [-0.39, 0.29) is 12.2 Å². The molecule has 3 amide bonds. The molecule has 0 aromatic heterocycles. The molecular weight excluding hydrogens is 363 g/mol. The number of amides is 3. The maximum Gasteiger partial charge on any atom is 0.329 e. The Bertz CT molecular complexity index is 802. The zero-order chi connectivity index (χ0) is 16.4. The van der Waals surface area contributed by atoms with Gasteiger partial charge < -0.3 is 5.32 Å². The van der Waals surface area contributed by atoms with Gasteiger partial charge in [0.2, 0.25) is 0 Å². The summed E-state index contributed by atoms with van der Waals surface area (Å²) in [6.45, 7) is 0.179. The van der Waals surface area contributed by atoms with E-state index >= 15 is 0 Å². The van der Waals surface area contributed by atoms with Gasteiger partial charge in [0, 0.05) is 4.47 Å². The van der Waals surface area contributed by atoms with Gasteiger partial charge in [-0.2, -0.15) is 0 Å². The number of imide groups is 1. The molecule has 2 aromatic carbocycles. The van der Waals surface area contributed by atoms with Crippen LogP contribution in [0.15, 0.2) is 58.7 Å². The van der Waals surface area contributed by atoms with E-state index in [0.717, 1.165) is 14.9 Å². The molecule has 0 bridgehead atoms. The molecule has 0 radical (unpaired) electrons. The van der Waals surface area contributed by atoms with Gasteiger partial charge in [0.25, 0.3) is 5.91 Å². The third kappa shape index (κ3) is 3.48. The maximum absolute atomic E-state index is 13.2. The number of urea groups is 1. The van der Waals surface area contributed by atoms with Crippen LogP contribution in [0.5, 0.6) is 0 Å². The highest BCUT2D eigenvalue weighted by Crippen LogP contribution is 2.18. The normalized spacial score (nSPS) is 16.1. The van der Waals surface area contributed by atoms with Crippen LogP contribution in [-0.4, -0.2) is 16.8 Å². The molecule has 1 aliphatic rings. The molecule has 1 fully saturated rings. The summed E-state index contributed by atoms with van der Waals surface area (Å²) in [6.07, 6.45) is 1.46. The van der Waals surface area contributed by atoms with Crippen molar-refractivity contribution in [3.63, 3.8) is 0 Å². The molecule has 1 aliphatic heterocycles. The number of rotatable bonds is 3. The molecule has 0 saturated carbocycles. The van der Waals surface area contributed by atoms with Crippen LogP contribution in [0.4, 0.5) is 9.18 Å². The van der Waals surface area contributed by atoms with Gasteiger partial charge in [0.05, 0.1) is 6.54 Å². The smallest absolute Gasteiger partial charge is 0.303 e. The summed E-state index contributed by atoms with van der Waals surface area (Å²) in [7, 11) is 0. The van der Waals surface area contributed by atoms with Gasteiger partial charge in [-0.05, 0) is 41.5 Å². The highest BCUT2D eigenvalue weighted by Gasteiger charge is 2.33. The number of hydrogen-bond donors (Lipinski definition) is 1. The molecular formula is C17H12BrFN2O2. The maximum atomic E-state index is 13.2. The summed E-state index contributed by atoms with van der Waals surface area (Å²) in [6, 6.07) is 12.7. The highest BCUT2D eigenvalue weighted by molar-refractivity contribution is 9.10. The fraction of sp³-hybridized carbons (Fsp3) is 0.0588. The van der Waals surface area contributed by atoms with Crippen molar-refractivity contribution >= 4 is 33.9 Å². The number of carbonyl (C=O) groups is 2. The van der Waals surface area contributed by atoms with Crippen molar-refractivity contribution in [2.24, 2.45) is 0 Å². The molecule has 6 heteroatoms. The van der Waals surface area contributed by atoms with Crippen LogP contribution in [0.25, 0.3) is 6.08 Å².